The van der Waals surface area contributed by atoms with Crippen LogP contribution in [0, 0.1) is 0 Å². The molecule has 1 atom stereocenters. The van der Waals surface area contributed by atoms with Crippen LogP contribution in [0.5, 0.6) is 0 Å². The monoisotopic (exact) mass is 246 g/mol. The van der Waals surface area contributed by atoms with Gasteiger partial charge < -0.3 is 15.4 Å². The first-order chi connectivity index (χ1) is 8.58. The van der Waals surface area contributed by atoms with Gasteiger partial charge in [-0.25, -0.2) is 0 Å². The number of carbonyl (C=O) groups is 1. The number of fused-ring (bicyclic) bond motifs is 1. The first-order valence-electron chi connectivity index (χ1n) is 5.66. The highest BCUT2D eigenvalue weighted by Crippen LogP contribution is 2.14. The number of carbonyl (C=O) groups excluding carboxylic acids is 1. The van der Waals surface area contributed by atoms with E-state index in [-0.39, 0.29) is 18.0 Å². The number of rotatable bonds is 3. The van der Waals surface area contributed by atoms with Gasteiger partial charge in [0.25, 0.3) is 5.91 Å². The molecule has 1 aromatic carbocycles. The minimum Gasteiger partial charge on any atom is -0.392 e. The van der Waals surface area contributed by atoms with Crippen molar-refractivity contribution >= 4 is 16.8 Å². The van der Waals surface area contributed by atoms with Gasteiger partial charge in [-0.15, -0.1) is 0 Å². The van der Waals surface area contributed by atoms with Gasteiger partial charge in [0.15, 0.2) is 0 Å². The predicted molar refractivity (Wildman–Crippen MR) is 68.6 cm³/mol. The molecule has 1 aromatic heterocycles. The Morgan fingerprint density at radius 3 is 2.89 bits per heavy atom. The number of pyridine rings is 1. The molecule has 0 aliphatic heterocycles. The highest BCUT2D eigenvalue weighted by molar-refractivity contribution is 6.05. The summed E-state index contributed by atoms with van der Waals surface area (Å²) >= 11 is 0. The van der Waals surface area contributed by atoms with E-state index in [1.807, 2.05) is 0 Å². The van der Waals surface area contributed by atoms with E-state index < -0.39 is 6.10 Å². The smallest absolute Gasteiger partial charge is 0.252 e. The van der Waals surface area contributed by atoms with Gasteiger partial charge in [0.1, 0.15) is 0 Å². The Balaban J connectivity index is 2.43. The Morgan fingerprint density at radius 2 is 2.17 bits per heavy atom. The van der Waals surface area contributed by atoms with E-state index in [2.05, 4.69) is 10.3 Å². The van der Waals surface area contributed by atoms with Crippen molar-refractivity contribution in [1.29, 1.82) is 0 Å². The van der Waals surface area contributed by atoms with Crippen LogP contribution in [0.4, 0.5) is 0 Å². The van der Waals surface area contributed by atoms with Crippen LogP contribution in [-0.4, -0.2) is 28.6 Å². The number of aliphatic hydroxyl groups is 1. The van der Waals surface area contributed by atoms with Crippen LogP contribution in [0.3, 0.4) is 0 Å². The first-order valence-corrected chi connectivity index (χ1v) is 5.66. The van der Waals surface area contributed by atoms with Gasteiger partial charge >= 0.3 is 0 Å². The average molecular weight is 246 g/mol. The molecule has 0 aliphatic rings. The molecular formula is C13H14N2O3. The second-order valence-corrected chi connectivity index (χ2v) is 4.15. The van der Waals surface area contributed by atoms with Gasteiger partial charge in [0.2, 0.25) is 5.56 Å². The maximum Gasteiger partial charge on any atom is 0.252 e. The van der Waals surface area contributed by atoms with Crippen molar-refractivity contribution in [3.8, 4) is 0 Å². The Bertz CT molecular complexity index is 631. The van der Waals surface area contributed by atoms with Gasteiger partial charge in [-0.3, -0.25) is 9.59 Å². The highest BCUT2D eigenvalue weighted by atomic mass is 16.3. The zero-order valence-electron chi connectivity index (χ0n) is 9.93. The molecule has 0 saturated carbocycles. The van der Waals surface area contributed by atoms with E-state index in [0.717, 1.165) is 0 Å². The van der Waals surface area contributed by atoms with Crippen LogP contribution in [0.15, 0.2) is 35.1 Å². The summed E-state index contributed by atoms with van der Waals surface area (Å²) in [6.07, 6.45) is -0.623. The molecule has 2 rings (SSSR count). The Morgan fingerprint density at radius 1 is 1.44 bits per heavy atom. The Kier molecular flexibility index (Phi) is 3.43. The van der Waals surface area contributed by atoms with Crippen LogP contribution < -0.4 is 10.9 Å². The van der Waals surface area contributed by atoms with Gasteiger partial charge in [0, 0.05) is 23.5 Å². The van der Waals surface area contributed by atoms with Gasteiger partial charge in [-0.05, 0) is 13.0 Å². The number of nitrogens with one attached hydrogen (secondary N) is 2. The average Bonchev–Trinajstić information content (AvgIpc) is 2.34. The van der Waals surface area contributed by atoms with Crippen molar-refractivity contribution in [2.45, 2.75) is 13.0 Å². The summed E-state index contributed by atoms with van der Waals surface area (Å²) in [5, 5.41) is 12.4. The molecule has 5 heteroatoms. The van der Waals surface area contributed by atoms with E-state index >= 15 is 0 Å². The second-order valence-electron chi connectivity index (χ2n) is 4.15. The van der Waals surface area contributed by atoms with Gasteiger partial charge in [-0.2, -0.15) is 0 Å². The molecule has 1 heterocycles. The van der Waals surface area contributed by atoms with Crippen LogP contribution in [0.25, 0.3) is 10.9 Å². The van der Waals surface area contributed by atoms with Crippen LogP contribution in [0.1, 0.15) is 17.3 Å². The number of para-hydroxylation sites is 1. The lowest BCUT2D eigenvalue weighted by molar-refractivity contribution is 0.0925. The predicted octanol–water partition coefficient (Wildman–Crippen LogP) is 0.639. The third kappa shape index (κ3) is 2.57. The van der Waals surface area contributed by atoms with Crippen molar-refractivity contribution < 1.29 is 9.90 Å². The molecule has 0 radical (unpaired) electrons. The summed E-state index contributed by atoms with van der Waals surface area (Å²) in [6.45, 7) is 1.73. The minimum atomic E-state index is -0.623. The summed E-state index contributed by atoms with van der Waals surface area (Å²) in [5.41, 5.74) is 0.609. The Labute approximate surface area is 103 Å². The lowest BCUT2D eigenvalue weighted by Crippen LogP contribution is -2.31. The molecule has 0 bridgehead atoms. The molecule has 5 nitrogen and oxygen atoms in total. The van der Waals surface area contributed by atoms with Crippen molar-refractivity contribution in [2.24, 2.45) is 0 Å². The fraction of sp³-hybridized carbons (Fsp3) is 0.231. The fourth-order valence-corrected chi connectivity index (χ4v) is 1.73. The van der Waals surface area contributed by atoms with Gasteiger partial charge in [-0.1, -0.05) is 18.2 Å². The maximum absolute atomic E-state index is 11.9. The molecule has 18 heavy (non-hydrogen) atoms. The number of hydrogen-bond donors (Lipinski definition) is 3. The normalized spacial score (nSPS) is 12.3. The molecule has 1 amide bonds. The largest absolute Gasteiger partial charge is 0.392 e. The zero-order valence-corrected chi connectivity index (χ0v) is 9.93. The summed E-state index contributed by atoms with van der Waals surface area (Å²) in [6, 6.07) is 8.35. The molecule has 0 spiro atoms. The number of aliphatic hydroxyl groups excluding tert-OH is 1. The summed E-state index contributed by atoms with van der Waals surface area (Å²) in [4.78, 5) is 26.1. The quantitative estimate of drug-likeness (QED) is 0.743. The molecule has 0 fully saturated rings. The molecule has 94 valence electrons. The molecular weight excluding hydrogens is 232 g/mol. The van der Waals surface area contributed by atoms with Crippen molar-refractivity contribution in [3.05, 3.63) is 46.2 Å². The topological polar surface area (TPSA) is 82.2 Å². The lowest BCUT2D eigenvalue weighted by atomic mass is 10.1. The third-order valence-corrected chi connectivity index (χ3v) is 2.55. The van der Waals surface area contributed by atoms with Gasteiger partial charge in [0.05, 0.1) is 11.7 Å². The zero-order chi connectivity index (χ0) is 13.1. The van der Waals surface area contributed by atoms with Crippen LogP contribution >= 0.6 is 0 Å². The number of aromatic amines is 1. The Hall–Kier alpha value is -2.14. The van der Waals surface area contributed by atoms with E-state index in [1.165, 1.54) is 6.07 Å². The SMILES string of the molecule is C[C@@H](O)CNC(=O)c1cc(=O)[nH]c2ccccc12. The van der Waals surface area contributed by atoms with Crippen LogP contribution in [-0.2, 0) is 0 Å². The molecule has 2 aromatic rings. The van der Waals surface area contributed by atoms with Crippen LogP contribution in [0.2, 0.25) is 0 Å². The molecule has 0 unspecified atom stereocenters. The van der Waals surface area contributed by atoms with E-state index in [9.17, 15) is 9.59 Å². The number of aromatic nitrogens is 1. The van der Waals surface area contributed by atoms with Crippen molar-refractivity contribution in [3.63, 3.8) is 0 Å². The second kappa shape index (κ2) is 5.01. The highest BCUT2D eigenvalue weighted by Gasteiger charge is 2.11. The van der Waals surface area contributed by atoms with Crippen molar-refractivity contribution in [1.82, 2.24) is 10.3 Å². The number of hydrogen-bond acceptors (Lipinski definition) is 3. The number of amides is 1. The summed E-state index contributed by atoms with van der Waals surface area (Å²) in [5.74, 6) is -0.363. The maximum atomic E-state index is 11.9. The first kappa shape index (κ1) is 12.3. The molecule has 0 aliphatic carbocycles. The van der Waals surface area contributed by atoms with Crippen molar-refractivity contribution in [2.75, 3.05) is 6.54 Å². The summed E-state index contributed by atoms with van der Waals surface area (Å²) in [7, 11) is 0. The fourth-order valence-electron chi connectivity index (χ4n) is 1.73. The third-order valence-electron chi connectivity index (χ3n) is 2.55. The summed E-state index contributed by atoms with van der Waals surface area (Å²) < 4.78 is 0. The standard InChI is InChI=1S/C13H14N2O3/c1-8(16)7-14-13(18)10-6-12(17)15-11-5-3-2-4-9(10)11/h2-6,8,16H,7H2,1H3,(H,14,18)(H,15,17)/t8-/m1/s1. The lowest BCUT2D eigenvalue weighted by Gasteiger charge is -2.09. The van der Waals surface area contributed by atoms with E-state index in [4.69, 9.17) is 5.11 Å². The van der Waals surface area contributed by atoms with E-state index in [1.54, 1.807) is 31.2 Å². The number of benzene rings is 1. The number of H-pyrrole nitrogens is 1. The molecule has 3 N–H and O–H groups in total. The minimum absolute atomic E-state index is 0.153. The van der Waals surface area contributed by atoms with E-state index in [0.29, 0.717) is 16.5 Å². The molecule has 0 saturated heterocycles.